The van der Waals surface area contributed by atoms with E-state index in [1.54, 1.807) is 11.0 Å². The van der Waals surface area contributed by atoms with Gasteiger partial charge in [-0.25, -0.2) is 23.5 Å². The molecule has 160 valence electrons. The van der Waals surface area contributed by atoms with Crippen molar-refractivity contribution in [1.29, 1.82) is 0 Å². The van der Waals surface area contributed by atoms with Crippen LogP contribution in [0, 0.1) is 11.6 Å². The van der Waals surface area contributed by atoms with Gasteiger partial charge in [-0.1, -0.05) is 6.07 Å². The van der Waals surface area contributed by atoms with Crippen molar-refractivity contribution in [3.63, 3.8) is 0 Å². The van der Waals surface area contributed by atoms with E-state index < -0.39 is 11.6 Å². The molecule has 0 bridgehead atoms. The summed E-state index contributed by atoms with van der Waals surface area (Å²) in [6.07, 6.45) is 2.52. The fraction of sp³-hybridized carbons (Fsp3) is 0.476. The van der Waals surface area contributed by atoms with Gasteiger partial charge in [0.15, 0.2) is 11.6 Å². The number of hydrogen-bond acceptors (Lipinski definition) is 5. The molecule has 0 saturated carbocycles. The summed E-state index contributed by atoms with van der Waals surface area (Å²) in [4.78, 5) is 23.5. The molecule has 0 radical (unpaired) electrons. The van der Waals surface area contributed by atoms with Crippen molar-refractivity contribution in [3.8, 4) is 0 Å². The van der Waals surface area contributed by atoms with Crippen LogP contribution in [-0.4, -0.2) is 52.6 Å². The number of rotatable bonds is 4. The Balaban J connectivity index is 1.43. The van der Waals surface area contributed by atoms with Crippen LogP contribution >= 0.6 is 0 Å². The Bertz CT molecular complexity index is 938. The number of halogens is 2. The Labute approximate surface area is 174 Å². The van der Waals surface area contributed by atoms with Crippen LogP contribution in [0.25, 0.3) is 0 Å². The molecule has 0 spiro atoms. The Morgan fingerprint density at radius 1 is 1.27 bits per heavy atom. The maximum atomic E-state index is 13.7. The molecule has 30 heavy (non-hydrogen) atoms. The number of nitrogens with one attached hydrogen (secondary N) is 3. The van der Waals surface area contributed by atoms with Gasteiger partial charge in [-0.2, -0.15) is 0 Å². The molecule has 2 aromatic rings. The molecule has 2 amide bonds. The highest BCUT2D eigenvalue weighted by atomic mass is 19.2. The summed E-state index contributed by atoms with van der Waals surface area (Å²) in [5.41, 5.74) is 2.57. The van der Waals surface area contributed by atoms with Crippen molar-refractivity contribution < 1.29 is 13.6 Å². The second kappa shape index (κ2) is 8.51. The highest BCUT2D eigenvalue weighted by Gasteiger charge is 2.32. The third kappa shape index (κ3) is 4.35. The molecule has 1 saturated heterocycles. The summed E-state index contributed by atoms with van der Waals surface area (Å²) in [7, 11) is 0. The minimum Gasteiger partial charge on any atom is -0.352 e. The van der Waals surface area contributed by atoms with Crippen molar-refractivity contribution >= 4 is 12.0 Å². The normalized spacial score (nSPS) is 20.9. The van der Waals surface area contributed by atoms with E-state index in [0.29, 0.717) is 44.1 Å². The molecule has 2 aliphatic rings. The standard InChI is InChI=1S/C21H26F2N6O/c1-12(2)26-20-25-8-14-5-6-29(11-19(14)27-20)21(30)28-18-10-24-9-15(18)13-3-4-16(22)17(23)7-13/h3-4,7-8,12,15,18,24H,5-6,9-11H2,1-2H3,(H,28,30)(H,25,26,27). The predicted molar refractivity (Wildman–Crippen MR) is 109 cm³/mol. The second-order valence-electron chi connectivity index (χ2n) is 8.13. The first-order valence-corrected chi connectivity index (χ1v) is 10.2. The number of amides is 2. The SMILES string of the molecule is CC(C)Nc1ncc2c(n1)CN(C(=O)NC1CNCC1c1ccc(F)c(F)c1)CC2. The average Bonchev–Trinajstić information content (AvgIpc) is 3.17. The zero-order valence-electron chi connectivity index (χ0n) is 17.1. The average molecular weight is 416 g/mol. The lowest BCUT2D eigenvalue weighted by Crippen LogP contribution is -2.48. The van der Waals surface area contributed by atoms with Crippen LogP contribution in [0.4, 0.5) is 19.5 Å². The van der Waals surface area contributed by atoms with Crippen LogP contribution in [0.3, 0.4) is 0 Å². The number of fused-ring (bicyclic) bond motifs is 1. The second-order valence-corrected chi connectivity index (χ2v) is 8.13. The molecule has 3 N–H and O–H groups in total. The van der Waals surface area contributed by atoms with Gasteiger partial charge in [0.05, 0.1) is 18.3 Å². The Morgan fingerprint density at radius 3 is 2.87 bits per heavy atom. The quantitative estimate of drug-likeness (QED) is 0.713. The lowest BCUT2D eigenvalue weighted by Gasteiger charge is -2.30. The lowest BCUT2D eigenvalue weighted by molar-refractivity contribution is 0.187. The number of nitrogens with zero attached hydrogens (tertiary/aromatic N) is 3. The van der Waals surface area contributed by atoms with Gasteiger partial charge in [0.25, 0.3) is 0 Å². The first-order chi connectivity index (χ1) is 14.4. The topological polar surface area (TPSA) is 82.2 Å². The molecule has 9 heteroatoms. The Kier molecular flexibility index (Phi) is 5.80. The first-order valence-electron chi connectivity index (χ1n) is 10.2. The maximum absolute atomic E-state index is 13.7. The molecule has 2 aliphatic heterocycles. The molecule has 4 rings (SSSR count). The van der Waals surface area contributed by atoms with Crippen molar-refractivity contribution in [1.82, 2.24) is 25.5 Å². The van der Waals surface area contributed by atoms with Gasteiger partial charge in [0, 0.05) is 37.8 Å². The van der Waals surface area contributed by atoms with Crippen LogP contribution < -0.4 is 16.0 Å². The molecule has 2 atom stereocenters. The number of anilines is 1. The van der Waals surface area contributed by atoms with Crippen LogP contribution in [0.2, 0.25) is 0 Å². The van der Waals surface area contributed by atoms with E-state index in [0.717, 1.165) is 17.3 Å². The molecule has 1 fully saturated rings. The molecule has 3 heterocycles. The fourth-order valence-electron chi connectivity index (χ4n) is 3.98. The molecule has 1 aromatic carbocycles. The Morgan fingerprint density at radius 2 is 2.10 bits per heavy atom. The largest absolute Gasteiger partial charge is 0.352 e. The highest BCUT2D eigenvalue weighted by molar-refractivity contribution is 5.75. The number of aromatic nitrogens is 2. The van der Waals surface area contributed by atoms with Crippen molar-refractivity contribution in [3.05, 3.63) is 52.9 Å². The summed E-state index contributed by atoms with van der Waals surface area (Å²) >= 11 is 0. The van der Waals surface area contributed by atoms with E-state index in [-0.39, 0.29) is 24.0 Å². The maximum Gasteiger partial charge on any atom is 0.318 e. The van der Waals surface area contributed by atoms with Gasteiger partial charge in [-0.05, 0) is 43.5 Å². The van der Waals surface area contributed by atoms with Crippen molar-refractivity contribution in [2.45, 2.75) is 44.8 Å². The number of benzene rings is 1. The van der Waals surface area contributed by atoms with Gasteiger partial charge in [0.1, 0.15) is 0 Å². The molecule has 2 unspecified atom stereocenters. The van der Waals surface area contributed by atoms with E-state index >= 15 is 0 Å². The van der Waals surface area contributed by atoms with Gasteiger partial charge in [0.2, 0.25) is 5.95 Å². The summed E-state index contributed by atoms with van der Waals surface area (Å²) in [6.45, 7) is 6.19. The van der Waals surface area contributed by atoms with Crippen molar-refractivity contribution in [2.75, 3.05) is 25.0 Å². The van der Waals surface area contributed by atoms with Crippen LogP contribution in [0.15, 0.2) is 24.4 Å². The van der Waals surface area contributed by atoms with Gasteiger partial charge < -0.3 is 20.9 Å². The predicted octanol–water partition coefficient (Wildman–Crippen LogP) is 2.40. The molecule has 7 nitrogen and oxygen atoms in total. The van der Waals surface area contributed by atoms with Gasteiger partial charge >= 0.3 is 6.03 Å². The monoisotopic (exact) mass is 416 g/mol. The molecular formula is C21H26F2N6O. The molecule has 0 aliphatic carbocycles. The smallest absolute Gasteiger partial charge is 0.318 e. The van der Waals surface area contributed by atoms with E-state index in [2.05, 4.69) is 25.9 Å². The fourth-order valence-corrected chi connectivity index (χ4v) is 3.98. The number of carbonyl (C=O) groups is 1. The third-order valence-electron chi connectivity index (χ3n) is 5.55. The third-order valence-corrected chi connectivity index (χ3v) is 5.55. The van der Waals surface area contributed by atoms with Crippen LogP contribution in [0.1, 0.15) is 36.6 Å². The van der Waals surface area contributed by atoms with Crippen LogP contribution in [-0.2, 0) is 13.0 Å². The zero-order valence-corrected chi connectivity index (χ0v) is 17.1. The van der Waals surface area contributed by atoms with Gasteiger partial charge in [-0.15, -0.1) is 0 Å². The van der Waals surface area contributed by atoms with E-state index in [4.69, 9.17) is 0 Å². The number of urea groups is 1. The lowest BCUT2D eigenvalue weighted by atomic mass is 9.94. The summed E-state index contributed by atoms with van der Waals surface area (Å²) < 4.78 is 26.9. The van der Waals surface area contributed by atoms with Crippen LogP contribution in [0.5, 0.6) is 0 Å². The zero-order chi connectivity index (χ0) is 21.3. The van der Waals surface area contributed by atoms with E-state index in [1.165, 1.54) is 6.07 Å². The van der Waals surface area contributed by atoms with Crippen molar-refractivity contribution in [2.24, 2.45) is 0 Å². The van der Waals surface area contributed by atoms with Gasteiger partial charge in [-0.3, -0.25) is 0 Å². The minimum absolute atomic E-state index is 0.120. The summed E-state index contributed by atoms with van der Waals surface area (Å²) in [6, 6.07) is 3.75. The molecular weight excluding hydrogens is 390 g/mol. The highest BCUT2D eigenvalue weighted by Crippen LogP contribution is 2.25. The number of hydrogen-bond donors (Lipinski definition) is 3. The molecule has 1 aromatic heterocycles. The number of carbonyl (C=O) groups excluding carboxylic acids is 1. The first kappa shape index (κ1) is 20.5. The Hall–Kier alpha value is -2.81. The minimum atomic E-state index is -0.873. The summed E-state index contributed by atoms with van der Waals surface area (Å²) in [5, 5.41) is 9.47. The summed E-state index contributed by atoms with van der Waals surface area (Å²) in [5.74, 6) is -1.30. The van der Waals surface area contributed by atoms with E-state index in [9.17, 15) is 13.6 Å². The van der Waals surface area contributed by atoms with E-state index in [1.807, 2.05) is 20.0 Å².